The van der Waals surface area contributed by atoms with Crippen LogP contribution in [0.1, 0.15) is 53.5 Å². The van der Waals surface area contributed by atoms with Crippen LogP contribution >= 0.6 is 11.3 Å². The second-order valence-corrected chi connectivity index (χ2v) is 7.73. The summed E-state index contributed by atoms with van der Waals surface area (Å²) < 4.78 is 0. The molecular weight excluding hydrogens is 298 g/mol. The lowest BCUT2D eigenvalue weighted by atomic mass is 9.97. The highest BCUT2D eigenvalue weighted by atomic mass is 32.1. The summed E-state index contributed by atoms with van der Waals surface area (Å²) in [6, 6.07) is 0.172. The number of aromatic nitrogens is 1. The Morgan fingerprint density at radius 2 is 2.09 bits per heavy atom. The minimum atomic E-state index is -0.0472. The summed E-state index contributed by atoms with van der Waals surface area (Å²) in [5.41, 5.74) is 1.04. The molecule has 0 saturated heterocycles. The first-order valence-corrected chi connectivity index (χ1v) is 8.91. The molecule has 1 aromatic heterocycles. The molecule has 1 aromatic rings. The Hall–Kier alpha value is -1.43. The Morgan fingerprint density at radius 1 is 1.32 bits per heavy atom. The highest BCUT2D eigenvalue weighted by Gasteiger charge is 2.27. The fourth-order valence-corrected chi connectivity index (χ4v) is 3.70. The maximum absolute atomic E-state index is 12.1. The van der Waals surface area contributed by atoms with Crippen molar-refractivity contribution in [1.82, 2.24) is 15.6 Å². The number of fused-ring (bicyclic) bond motifs is 1. The lowest BCUT2D eigenvalue weighted by Gasteiger charge is -2.23. The number of nitrogens with one attached hydrogen (secondary N) is 2. The molecule has 22 heavy (non-hydrogen) atoms. The van der Waals surface area contributed by atoms with E-state index in [2.05, 4.69) is 15.6 Å². The zero-order valence-corrected chi connectivity index (χ0v) is 14.0. The first-order chi connectivity index (χ1) is 10.5. The van der Waals surface area contributed by atoms with E-state index in [0.717, 1.165) is 36.4 Å². The molecule has 2 amide bonds. The Kier molecular flexibility index (Phi) is 4.47. The lowest BCUT2D eigenvalue weighted by molar-refractivity contribution is -0.124. The van der Waals surface area contributed by atoms with Gasteiger partial charge in [0.2, 0.25) is 5.91 Å². The first-order valence-electron chi connectivity index (χ1n) is 8.10. The first kappa shape index (κ1) is 15.5. The van der Waals surface area contributed by atoms with Gasteiger partial charge < -0.3 is 10.6 Å². The van der Waals surface area contributed by atoms with Crippen LogP contribution in [0.15, 0.2) is 0 Å². The van der Waals surface area contributed by atoms with Crippen molar-refractivity contribution in [1.29, 1.82) is 0 Å². The second kappa shape index (κ2) is 6.36. The summed E-state index contributed by atoms with van der Waals surface area (Å²) in [7, 11) is 0. The van der Waals surface area contributed by atoms with Gasteiger partial charge in [0.15, 0.2) is 5.01 Å². The number of carbonyl (C=O) groups excluding carboxylic acids is 2. The van der Waals surface area contributed by atoms with Gasteiger partial charge in [-0.15, -0.1) is 11.3 Å². The minimum Gasteiger partial charge on any atom is -0.353 e. The average Bonchev–Trinajstić information content (AvgIpc) is 3.22. The molecule has 1 saturated carbocycles. The monoisotopic (exact) mass is 321 g/mol. The van der Waals surface area contributed by atoms with Gasteiger partial charge in [0.05, 0.1) is 5.69 Å². The summed E-state index contributed by atoms with van der Waals surface area (Å²) in [6.07, 6.45) is 4.99. The van der Waals surface area contributed by atoms with Gasteiger partial charge in [0.1, 0.15) is 0 Å². The Balaban J connectivity index is 1.59. The van der Waals surface area contributed by atoms with Crippen molar-refractivity contribution in [3.63, 3.8) is 0 Å². The second-order valence-electron chi connectivity index (χ2n) is 6.65. The third-order valence-electron chi connectivity index (χ3n) is 4.25. The van der Waals surface area contributed by atoms with Gasteiger partial charge >= 0.3 is 0 Å². The number of thiazole rings is 1. The van der Waals surface area contributed by atoms with E-state index in [4.69, 9.17) is 0 Å². The van der Waals surface area contributed by atoms with Crippen LogP contribution in [0, 0.1) is 11.8 Å². The summed E-state index contributed by atoms with van der Waals surface area (Å²) in [6.45, 7) is 4.58. The maximum Gasteiger partial charge on any atom is 0.280 e. The number of aryl methyl sites for hydroxylation is 1. The van der Waals surface area contributed by atoms with E-state index in [0.29, 0.717) is 10.9 Å². The highest BCUT2D eigenvalue weighted by Crippen LogP contribution is 2.29. The van der Waals surface area contributed by atoms with Crippen molar-refractivity contribution in [3.05, 3.63) is 15.6 Å². The highest BCUT2D eigenvalue weighted by molar-refractivity contribution is 7.13. The Morgan fingerprint density at radius 3 is 2.77 bits per heavy atom. The molecule has 0 aliphatic heterocycles. The molecular formula is C16H23N3O2S. The zero-order valence-electron chi connectivity index (χ0n) is 13.1. The third-order valence-corrected chi connectivity index (χ3v) is 5.37. The predicted molar refractivity (Wildman–Crippen MR) is 86.0 cm³/mol. The number of carbonyl (C=O) groups is 2. The van der Waals surface area contributed by atoms with Gasteiger partial charge in [0, 0.05) is 29.8 Å². The summed E-state index contributed by atoms with van der Waals surface area (Å²) >= 11 is 1.48. The molecule has 0 aromatic carbocycles. The van der Waals surface area contributed by atoms with Crippen LogP contribution in [0.2, 0.25) is 0 Å². The Bertz CT molecular complexity index is 578. The van der Waals surface area contributed by atoms with E-state index in [1.807, 2.05) is 13.8 Å². The van der Waals surface area contributed by atoms with Crippen molar-refractivity contribution in [2.24, 2.45) is 11.8 Å². The molecule has 6 heteroatoms. The average molecular weight is 321 g/mol. The quantitative estimate of drug-likeness (QED) is 0.870. The van der Waals surface area contributed by atoms with E-state index in [1.54, 1.807) is 0 Å². The zero-order chi connectivity index (χ0) is 15.7. The molecule has 2 aliphatic carbocycles. The molecule has 0 bridgehead atoms. The molecule has 2 aliphatic rings. The molecule has 1 heterocycles. The van der Waals surface area contributed by atoms with E-state index >= 15 is 0 Å². The summed E-state index contributed by atoms with van der Waals surface area (Å²) in [4.78, 5) is 29.6. The predicted octanol–water partition coefficient (Wildman–Crippen LogP) is 1.91. The van der Waals surface area contributed by atoms with Crippen LogP contribution < -0.4 is 10.6 Å². The molecule has 0 radical (unpaired) electrons. The molecule has 3 rings (SSSR count). The maximum atomic E-state index is 12.1. The number of nitrogens with zero attached hydrogens (tertiary/aromatic N) is 1. The fraction of sp³-hybridized carbons (Fsp3) is 0.688. The lowest BCUT2D eigenvalue weighted by Crippen LogP contribution is -2.40. The van der Waals surface area contributed by atoms with Crippen molar-refractivity contribution < 1.29 is 9.59 Å². The van der Waals surface area contributed by atoms with Crippen molar-refractivity contribution in [3.8, 4) is 0 Å². The fourth-order valence-electron chi connectivity index (χ4n) is 2.60. The van der Waals surface area contributed by atoms with E-state index < -0.39 is 0 Å². The van der Waals surface area contributed by atoms with Gasteiger partial charge in [0.25, 0.3) is 5.91 Å². The van der Waals surface area contributed by atoms with E-state index in [-0.39, 0.29) is 23.8 Å². The molecule has 1 atom stereocenters. The largest absolute Gasteiger partial charge is 0.353 e. The number of hydrogen-bond acceptors (Lipinski definition) is 4. The van der Waals surface area contributed by atoms with E-state index in [1.165, 1.54) is 24.2 Å². The third kappa shape index (κ3) is 3.66. The standard InChI is InChI=1S/C16H23N3O2S/c1-9(2)14(20)18-11-5-6-12-13(7-11)22-16(19-12)15(21)17-8-10-3-4-10/h9-11H,3-8H2,1-2H3,(H,17,21)(H,18,20)/t11-/m1/s1. The van der Waals surface area contributed by atoms with Crippen LogP contribution in [0.5, 0.6) is 0 Å². The van der Waals surface area contributed by atoms with Crippen LogP contribution in [-0.4, -0.2) is 29.4 Å². The molecule has 0 unspecified atom stereocenters. The number of rotatable bonds is 5. The SMILES string of the molecule is CC(C)C(=O)N[C@@H]1CCc2nc(C(=O)NCC3CC3)sc2C1. The smallest absolute Gasteiger partial charge is 0.280 e. The van der Waals surface area contributed by atoms with Gasteiger partial charge in [-0.05, 0) is 31.6 Å². The van der Waals surface area contributed by atoms with Crippen LogP contribution in [0.25, 0.3) is 0 Å². The summed E-state index contributed by atoms with van der Waals surface area (Å²) in [5, 5.41) is 6.62. The Labute approximate surface area is 134 Å². The van der Waals surface area contributed by atoms with Gasteiger partial charge in [-0.2, -0.15) is 0 Å². The van der Waals surface area contributed by atoms with Crippen LogP contribution in [0.3, 0.4) is 0 Å². The normalized spacial score (nSPS) is 20.6. The van der Waals surface area contributed by atoms with Gasteiger partial charge in [-0.1, -0.05) is 13.8 Å². The van der Waals surface area contributed by atoms with Gasteiger partial charge in [-0.3, -0.25) is 9.59 Å². The van der Waals surface area contributed by atoms with Gasteiger partial charge in [-0.25, -0.2) is 4.98 Å². The van der Waals surface area contributed by atoms with Crippen LogP contribution in [0.4, 0.5) is 0 Å². The molecule has 1 fully saturated rings. The van der Waals surface area contributed by atoms with E-state index in [9.17, 15) is 9.59 Å². The van der Waals surface area contributed by atoms with Crippen molar-refractivity contribution in [2.75, 3.05) is 6.54 Å². The molecule has 5 nitrogen and oxygen atoms in total. The number of amides is 2. The molecule has 2 N–H and O–H groups in total. The van der Waals surface area contributed by atoms with Crippen LogP contribution in [-0.2, 0) is 17.6 Å². The van der Waals surface area contributed by atoms with Crippen molar-refractivity contribution in [2.45, 2.75) is 52.0 Å². The molecule has 0 spiro atoms. The number of hydrogen-bond donors (Lipinski definition) is 2. The van der Waals surface area contributed by atoms with Crippen molar-refractivity contribution >= 4 is 23.2 Å². The summed E-state index contributed by atoms with van der Waals surface area (Å²) in [5.74, 6) is 0.732. The topological polar surface area (TPSA) is 71.1 Å². The minimum absolute atomic E-state index is 0.00613. The molecule has 120 valence electrons.